The van der Waals surface area contributed by atoms with Gasteiger partial charge in [0.15, 0.2) is 10.8 Å². The number of hydrogen-bond donors (Lipinski definition) is 1. The van der Waals surface area contributed by atoms with Crippen LogP contribution in [0.25, 0.3) is 10.3 Å². The van der Waals surface area contributed by atoms with E-state index in [0.717, 1.165) is 27.9 Å². The summed E-state index contributed by atoms with van der Waals surface area (Å²) in [4.78, 5) is 28.3. The molecule has 3 aromatic rings. The third-order valence-electron chi connectivity index (χ3n) is 4.80. The van der Waals surface area contributed by atoms with Gasteiger partial charge in [0.1, 0.15) is 21.8 Å². The van der Waals surface area contributed by atoms with Gasteiger partial charge in [0, 0.05) is 18.1 Å². The van der Waals surface area contributed by atoms with Crippen LogP contribution in [0, 0.1) is 0 Å². The zero-order valence-corrected chi connectivity index (χ0v) is 18.9. The summed E-state index contributed by atoms with van der Waals surface area (Å²) in [5.41, 5.74) is 1.23. The lowest BCUT2D eigenvalue weighted by molar-refractivity contribution is -0.113. The van der Waals surface area contributed by atoms with E-state index in [4.69, 9.17) is 21.3 Å². The fraction of sp³-hybridized carbons (Fsp3) is 0.400. The van der Waals surface area contributed by atoms with Crippen LogP contribution in [0.5, 0.6) is 5.75 Å². The molecule has 0 aliphatic carbocycles. The number of carbonyl (C=O) groups is 1. The van der Waals surface area contributed by atoms with Crippen LogP contribution in [-0.4, -0.2) is 46.8 Å². The lowest BCUT2D eigenvalue weighted by Crippen LogP contribution is -2.23. The van der Waals surface area contributed by atoms with E-state index in [9.17, 15) is 4.79 Å². The van der Waals surface area contributed by atoms with Gasteiger partial charge in [-0.2, -0.15) is 4.98 Å². The number of thiazole rings is 1. The fourth-order valence-electron chi connectivity index (χ4n) is 3.32. The van der Waals surface area contributed by atoms with E-state index in [1.165, 1.54) is 43.8 Å². The Kier molecular flexibility index (Phi) is 6.91. The van der Waals surface area contributed by atoms with Crippen LogP contribution in [0.15, 0.2) is 29.6 Å². The van der Waals surface area contributed by atoms with Crippen LogP contribution >= 0.6 is 34.7 Å². The van der Waals surface area contributed by atoms with E-state index in [1.807, 2.05) is 0 Å². The molecule has 1 amide bonds. The number of halogens is 1. The number of anilines is 2. The standard InChI is InChI=1S/C20H22ClN5O2S2/c1-28-15-7-6-13(21)10-14(15)24-16(27)11-29-19-17-18(22-12-23-19)25-20(30-17)26-8-4-2-3-5-9-26/h6-7,10,12H,2-5,8-9,11H2,1H3,(H,24,27). The van der Waals surface area contributed by atoms with Crippen LogP contribution in [-0.2, 0) is 4.79 Å². The molecule has 0 radical (unpaired) electrons. The number of fused-ring (bicyclic) bond motifs is 1. The number of thioether (sulfide) groups is 1. The summed E-state index contributed by atoms with van der Waals surface area (Å²) in [6.45, 7) is 2.05. The Bertz CT molecular complexity index is 1040. The summed E-state index contributed by atoms with van der Waals surface area (Å²) in [5, 5.41) is 5.14. The Morgan fingerprint density at radius 3 is 2.83 bits per heavy atom. The third-order valence-corrected chi connectivity index (χ3v) is 7.27. The van der Waals surface area contributed by atoms with Gasteiger partial charge in [0.2, 0.25) is 5.91 Å². The van der Waals surface area contributed by atoms with Gasteiger partial charge in [0.25, 0.3) is 0 Å². The maximum Gasteiger partial charge on any atom is 0.234 e. The van der Waals surface area contributed by atoms with Crippen molar-refractivity contribution in [3.05, 3.63) is 29.5 Å². The molecular formula is C20H22ClN5O2S2. The molecule has 3 heterocycles. The summed E-state index contributed by atoms with van der Waals surface area (Å²) in [6, 6.07) is 5.11. The topological polar surface area (TPSA) is 80.2 Å². The summed E-state index contributed by atoms with van der Waals surface area (Å²) >= 11 is 9.01. The van der Waals surface area contributed by atoms with Crippen LogP contribution < -0.4 is 15.0 Å². The molecule has 4 rings (SSSR count). The number of rotatable bonds is 6. The number of methoxy groups -OCH3 is 1. The molecule has 0 atom stereocenters. The first-order valence-corrected chi connectivity index (χ1v) is 11.9. The highest BCUT2D eigenvalue weighted by atomic mass is 35.5. The maximum absolute atomic E-state index is 12.5. The van der Waals surface area contributed by atoms with Crippen molar-refractivity contribution in [3.63, 3.8) is 0 Å². The summed E-state index contributed by atoms with van der Waals surface area (Å²) in [7, 11) is 1.55. The van der Waals surface area contributed by atoms with Crippen LogP contribution in [0.4, 0.5) is 10.8 Å². The summed E-state index contributed by atoms with van der Waals surface area (Å²) in [5.74, 6) is 0.606. The van der Waals surface area contributed by atoms with E-state index in [0.29, 0.717) is 22.1 Å². The van der Waals surface area contributed by atoms with E-state index in [2.05, 4.69) is 20.2 Å². The number of nitrogens with zero attached hydrogens (tertiary/aromatic N) is 4. The largest absolute Gasteiger partial charge is 0.495 e. The molecule has 158 valence electrons. The molecule has 0 bridgehead atoms. The molecule has 0 saturated carbocycles. The minimum Gasteiger partial charge on any atom is -0.495 e. The average molecular weight is 464 g/mol. The molecular weight excluding hydrogens is 442 g/mol. The maximum atomic E-state index is 12.5. The van der Waals surface area contributed by atoms with Crippen molar-refractivity contribution in [1.29, 1.82) is 0 Å². The van der Waals surface area contributed by atoms with Crippen molar-refractivity contribution in [1.82, 2.24) is 15.0 Å². The third kappa shape index (κ3) is 4.96. The number of ether oxygens (including phenoxy) is 1. The lowest BCUT2D eigenvalue weighted by atomic mass is 10.2. The Morgan fingerprint density at radius 2 is 2.07 bits per heavy atom. The van der Waals surface area contributed by atoms with Gasteiger partial charge in [-0.1, -0.05) is 47.5 Å². The molecule has 1 saturated heterocycles. The molecule has 1 aliphatic rings. The number of amides is 1. The molecule has 1 aromatic carbocycles. The fourth-order valence-corrected chi connectivity index (χ4v) is 5.43. The SMILES string of the molecule is COc1ccc(Cl)cc1NC(=O)CSc1ncnc2nc(N3CCCCCC3)sc12. The Labute approximate surface area is 188 Å². The predicted octanol–water partition coefficient (Wildman–Crippen LogP) is 4.86. The zero-order valence-electron chi connectivity index (χ0n) is 16.6. The van der Waals surface area contributed by atoms with Gasteiger partial charge < -0.3 is 15.0 Å². The number of benzene rings is 1. The first-order valence-electron chi connectivity index (χ1n) is 9.77. The molecule has 30 heavy (non-hydrogen) atoms. The number of aromatic nitrogens is 3. The van der Waals surface area contributed by atoms with Crippen molar-refractivity contribution in [2.75, 3.05) is 36.2 Å². The summed E-state index contributed by atoms with van der Waals surface area (Å²) < 4.78 is 6.20. The average Bonchev–Trinajstić information content (AvgIpc) is 2.99. The van der Waals surface area contributed by atoms with Crippen molar-refractivity contribution in [3.8, 4) is 5.75 Å². The van der Waals surface area contributed by atoms with E-state index in [1.54, 1.807) is 36.6 Å². The first kappa shape index (κ1) is 21.1. The van der Waals surface area contributed by atoms with Gasteiger partial charge >= 0.3 is 0 Å². The highest BCUT2D eigenvalue weighted by Crippen LogP contribution is 2.35. The normalized spacial score (nSPS) is 14.5. The van der Waals surface area contributed by atoms with Gasteiger partial charge in [-0.3, -0.25) is 4.79 Å². The molecule has 1 N–H and O–H groups in total. The Hall–Kier alpha value is -2.10. The minimum absolute atomic E-state index is 0.162. The van der Waals surface area contributed by atoms with E-state index >= 15 is 0 Å². The van der Waals surface area contributed by atoms with E-state index in [-0.39, 0.29) is 11.7 Å². The molecule has 1 aliphatic heterocycles. The Balaban J connectivity index is 1.46. The second-order valence-electron chi connectivity index (χ2n) is 6.91. The smallest absolute Gasteiger partial charge is 0.234 e. The molecule has 2 aromatic heterocycles. The van der Waals surface area contributed by atoms with Crippen LogP contribution in [0.2, 0.25) is 5.02 Å². The summed E-state index contributed by atoms with van der Waals surface area (Å²) in [6.07, 6.45) is 6.44. The molecule has 7 nitrogen and oxygen atoms in total. The molecule has 0 unspecified atom stereocenters. The van der Waals surface area contributed by atoms with Gasteiger partial charge in [-0.05, 0) is 31.0 Å². The molecule has 10 heteroatoms. The van der Waals surface area contributed by atoms with Gasteiger partial charge in [0.05, 0.1) is 18.6 Å². The van der Waals surface area contributed by atoms with E-state index < -0.39 is 0 Å². The van der Waals surface area contributed by atoms with Gasteiger partial charge in [-0.25, -0.2) is 9.97 Å². The zero-order chi connectivity index (χ0) is 20.9. The number of hydrogen-bond acceptors (Lipinski definition) is 8. The van der Waals surface area contributed by atoms with Crippen molar-refractivity contribution >= 4 is 61.8 Å². The second kappa shape index (κ2) is 9.80. The highest BCUT2D eigenvalue weighted by Gasteiger charge is 2.18. The monoisotopic (exact) mass is 463 g/mol. The van der Waals surface area contributed by atoms with Crippen molar-refractivity contribution in [2.24, 2.45) is 0 Å². The second-order valence-corrected chi connectivity index (χ2v) is 9.29. The van der Waals surface area contributed by atoms with Gasteiger partial charge in [-0.15, -0.1) is 0 Å². The minimum atomic E-state index is -0.162. The predicted molar refractivity (Wildman–Crippen MR) is 123 cm³/mol. The van der Waals surface area contributed by atoms with Crippen LogP contribution in [0.3, 0.4) is 0 Å². The molecule has 0 spiro atoms. The quantitative estimate of drug-likeness (QED) is 0.413. The lowest BCUT2D eigenvalue weighted by Gasteiger charge is -2.18. The van der Waals surface area contributed by atoms with Crippen molar-refractivity contribution < 1.29 is 9.53 Å². The number of nitrogens with one attached hydrogen (secondary N) is 1. The highest BCUT2D eigenvalue weighted by molar-refractivity contribution is 8.00. The van der Waals surface area contributed by atoms with Crippen molar-refractivity contribution in [2.45, 2.75) is 30.7 Å². The number of carbonyl (C=O) groups excluding carboxylic acids is 1. The Morgan fingerprint density at radius 1 is 1.27 bits per heavy atom. The molecule has 1 fully saturated rings. The van der Waals surface area contributed by atoms with Crippen LogP contribution in [0.1, 0.15) is 25.7 Å². The first-order chi connectivity index (χ1) is 14.6.